The molecule has 7 nitrogen and oxygen atoms in total. The molecule has 0 aliphatic carbocycles. The van der Waals surface area contributed by atoms with Crippen LogP contribution in [0.15, 0.2) is 78.9 Å². The molecule has 0 aromatic heterocycles. The number of nitrogens with one attached hydrogen (secondary N) is 2. The number of benzene rings is 3. The van der Waals surface area contributed by atoms with Crippen molar-refractivity contribution in [1.82, 2.24) is 15.5 Å². The van der Waals surface area contributed by atoms with Gasteiger partial charge in [0.2, 0.25) is 17.7 Å². The number of aryl methyl sites for hydroxylation is 1. The molecule has 0 unspecified atom stereocenters. The number of carbonyl (C=O) groups is 3. The number of likely N-dealkylation sites (tertiary alicyclic amines) is 1. The molecule has 0 radical (unpaired) electrons. The van der Waals surface area contributed by atoms with Crippen LogP contribution in [0.5, 0.6) is 11.5 Å². The van der Waals surface area contributed by atoms with E-state index in [2.05, 4.69) is 10.6 Å². The zero-order chi connectivity index (χ0) is 27.0. The fraction of sp³-hybridized carbons (Fsp3) is 0.344. The molecule has 0 bridgehead atoms. The van der Waals surface area contributed by atoms with Crippen molar-refractivity contribution in [2.75, 3.05) is 26.2 Å². The first-order valence-corrected chi connectivity index (χ1v) is 13.8. The molecule has 3 aromatic rings. The lowest BCUT2D eigenvalue weighted by molar-refractivity contribution is -0.133. The second kappa shape index (κ2) is 12.6. The summed E-state index contributed by atoms with van der Waals surface area (Å²) in [4.78, 5) is 40.0. The van der Waals surface area contributed by atoms with E-state index in [-0.39, 0.29) is 30.1 Å². The summed E-state index contributed by atoms with van der Waals surface area (Å²) in [6.07, 6.45) is 3.04. The molecular formula is C32H35N3O4. The standard InChI is InChI=1S/C32H35N3O4/c36-29(15-14-23-8-2-1-3-9-23)33-19-16-30(37)34-22-24-17-20-35(21-18-24)32(38)31-25-10-4-6-12-27(25)39-28-13-7-5-11-26(28)31/h1-13,24,31H,14-22H2,(H,33,36)(H,34,37). The molecule has 2 aliphatic rings. The van der Waals surface area contributed by atoms with Crippen LogP contribution >= 0.6 is 0 Å². The van der Waals surface area contributed by atoms with Crippen LogP contribution in [-0.2, 0) is 20.8 Å². The number of rotatable bonds is 9. The summed E-state index contributed by atoms with van der Waals surface area (Å²) in [7, 11) is 0. The fourth-order valence-electron chi connectivity index (χ4n) is 5.37. The fourth-order valence-corrected chi connectivity index (χ4v) is 5.37. The summed E-state index contributed by atoms with van der Waals surface area (Å²) in [6, 6.07) is 25.4. The number of fused-ring (bicyclic) bond motifs is 2. The van der Waals surface area contributed by atoms with Crippen LogP contribution in [0.25, 0.3) is 0 Å². The van der Waals surface area contributed by atoms with Gasteiger partial charge in [-0.3, -0.25) is 14.4 Å². The Kier molecular flexibility index (Phi) is 8.56. The molecule has 0 saturated carbocycles. The first-order valence-electron chi connectivity index (χ1n) is 13.8. The van der Waals surface area contributed by atoms with Gasteiger partial charge in [-0.1, -0.05) is 66.7 Å². The Labute approximate surface area is 229 Å². The number of ether oxygens (including phenoxy) is 1. The van der Waals surface area contributed by atoms with Gasteiger partial charge >= 0.3 is 0 Å². The van der Waals surface area contributed by atoms with E-state index in [0.29, 0.717) is 44.9 Å². The summed E-state index contributed by atoms with van der Waals surface area (Å²) in [5, 5.41) is 5.84. The Morgan fingerprint density at radius 2 is 1.33 bits per heavy atom. The first-order chi connectivity index (χ1) is 19.1. The first kappa shape index (κ1) is 26.5. The third kappa shape index (κ3) is 6.66. The minimum absolute atomic E-state index is 0.0431. The Morgan fingerprint density at radius 3 is 2.00 bits per heavy atom. The highest BCUT2D eigenvalue weighted by Gasteiger charge is 2.36. The Hall–Kier alpha value is -4.13. The quantitative estimate of drug-likeness (QED) is 0.433. The van der Waals surface area contributed by atoms with Crippen LogP contribution in [-0.4, -0.2) is 48.8 Å². The predicted molar refractivity (Wildman–Crippen MR) is 150 cm³/mol. The number of piperidine rings is 1. The smallest absolute Gasteiger partial charge is 0.234 e. The van der Waals surface area contributed by atoms with Crippen molar-refractivity contribution in [3.8, 4) is 11.5 Å². The zero-order valence-electron chi connectivity index (χ0n) is 22.1. The average Bonchev–Trinajstić information content (AvgIpc) is 2.98. The van der Waals surface area contributed by atoms with Crippen molar-refractivity contribution < 1.29 is 19.1 Å². The SMILES string of the molecule is O=C(CCc1ccccc1)NCCC(=O)NCC1CCN(C(=O)C2c3ccccc3Oc3ccccc32)CC1. The lowest BCUT2D eigenvalue weighted by Gasteiger charge is -2.36. The molecule has 39 heavy (non-hydrogen) atoms. The van der Waals surface area contributed by atoms with Crippen LogP contribution in [0.4, 0.5) is 0 Å². The molecule has 7 heteroatoms. The third-order valence-corrected chi connectivity index (χ3v) is 7.60. The number of hydrogen-bond acceptors (Lipinski definition) is 4. The maximum atomic E-state index is 13.7. The van der Waals surface area contributed by atoms with Crippen molar-refractivity contribution in [2.45, 2.75) is 38.0 Å². The van der Waals surface area contributed by atoms with E-state index in [1.807, 2.05) is 83.8 Å². The van der Waals surface area contributed by atoms with Crippen molar-refractivity contribution in [2.24, 2.45) is 5.92 Å². The number of hydrogen-bond donors (Lipinski definition) is 2. The van der Waals surface area contributed by atoms with Gasteiger partial charge in [0, 0.05) is 50.1 Å². The van der Waals surface area contributed by atoms with Crippen LogP contribution in [0.2, 0.25) is 0 Å². The monoisotopic (exact) mass is 525 g/mol. The van der Waals surface area contributed by atoms with Gasteiger partial charge in [0.25, 0.3) is 0 Å². The molecular weight excluding hydrogens is 490 g/mol. The molecule has 3 aromatic carbocycles. The van der Waals surface area contributed by atoms with Crippen molar-refractivity contribution in [3.05, 3.63) is 95.6 Å². The molecule has 2 N–H and O–H groups in total. The number of amides is 3. The highest BCUT2D eigenvalue weighted by Crippen LogP contribution is 2.44. The topological polar surface area (TPSA) is 87.7 Å². The van der Waals surface area contributed by atoms with Gasteiger partial charge in [0.05, 0.1) is 5.92 Å². The minimum atomic E-state index is -0.370. The second-order valence-corrected chi connectivity index (χ2v) is 10.3. The van der Waals surface area contributed by atoms with E-state index in [1.165, 1.54) is 0 Å². The van der Waals surface area contributed by atoms with E-state index < -0.39 is 0 Å². The Morgan fingerprint density at radius 1 is 0.744 bits per heavy atom. The summed E-state index contributed by atoms with van der Waals surface area (Å²) in [5.74, 6) is 1.42. The van der Waals surface area contributed by atoms with Crippen LogP contribution in [0, 0.1) is 5.92 Å². The third-order valence-electron chi connectivity index (χ3n) is 7.60. The van der Waals surface area contributed by atoms with Crippen LogP contribution in [0.3, 0.4) is 0 Å². The molecule has 1 fully saturated rings. The summed E-state index contributed by atoms with van der Waals surface area (Å²) < 4.78 is 6.05. The minimum Gasteiger partial charge on any atom is -0.457 e. The Bertz CT molecular complexity index is 1260. The van der Waals surface area contributed by atoms with Gasteiger partial charge in [0.1, 0.15) is 11.5 Å². The Balaban J connectivity index is 1.04. The summed E-state index contributed by atoms with van der Waals surface area (Å²) in [6.45, 7) is 2.25. The van der Waals surface area contributed by atoms with Gasteiger partial charge in [0.15, 0.2) is 0 Å². The van der Waals surface area contributed by atoms with Gasteiger partial charge in [-0.25, -0.2) is 0 Å². The summed E-state index contributed by atoms with van der Waals surface area (Å²) >= 11 is 0. The normalized spacial score (nSPS) is 15.0. The predicted octanol–water partition coefficient (Wildman–Crippen LogP) is 4.42. The van der Waals surface area contributed by atoms with E-state index in [4.69, 9.17) is 4.74 Å². The molecule has 3 amide bonds. The molecule has 1 saturated heterocycles. The van der Waals surface area contributed by atoms with Gasteiger partial charge in [-0.05, 0) is 42.9 Å². The maximum absolute atomic E-state index is 13.7. The molecule has 5 rings (SSSR count). The molecule has 2 aliphatic heterocycles. The lowest BCUT2D eigenvalue weighted by atomic mass is 9.86. The van der Waals surface area contributed by atoms with Crippen molar-refractivity contribution in [3.63, 3.8) is 0 Å². The van der Waals surface area contributed by atoms with Gasteiger partial charge in [-0.2, -0.15) is 0 Å². The average molecular weight is 526 g/mol. The van der Waals surface area contributed by atoms with E-state index >= 15 is 0 Å². The summed E-state index contributed by atoms with van der Waals surface area (Å²) in [5.41, 5.74) is 2.94. The lowest BCUT2D eigenvalue weighted by Crippen LogP contribution is -2.44. The van der Waals surface area contributed by atoms with E-state index in [1.54, 1.807) is 0 Å². The molecule has 0 spiro atoms. The van der Waals surface area contributed by atoms with E-state index in [9.17, 15) is 14.4 Å². The van der Waals surface area contributed by atoms with E-state index in [0.717, 1.165) is 41.0 Å². The maximum Gasteiger partial charge on any atom is 0.234 e. The molecule has 2 heterocycles. The molecule has 202 valence electrons. The van der Waals surface area contributed by atoms with Gasteiger partial charge < -0.3 is 20.3 Å². The van der Waals surface area contributed by atoms with Crippen LogP contribution < -0.4 is 15.4 Å². The number of carbonyl (C=O) groups excluding carboxylic acids is 3. The van der Waals surface area contributed by atoms with Crippen LogP contribution in [0.1, 0.15) is 48.3 Å². The largest absolute Gasteiger partial charge is 0.457 e. The van der Waals surface area contributed by atoms with Gasteiger partial charge in [-0.15, -0.1) is 0 Å². The second-order valence-electron chi connectivity index (χ2n) is 10.3. The molecule has 0 atom stereocenters. The zero-order valence-corrected chi connectivity index (χ0v) is 22.1. The number of para-hydroxylation sites is 2. The van der Waals surface area contributed by atoms with Crippen molar-refractivity contribution >= 4 is 17.7 Å². The highest BCUT2D eigenvalue weighted by atomic mass is 16.5. The van der Waals surface area contributed by atoms with Crippen molar-refractivity contribution in [1.29, 1.82) is 0 Å². The highest BCUT2D eigenvalue weighted by molar-refractivity contribution is 5.89. The number of nitrogens with zero attached hydrogens (tertiary/aromatic N) is 1.